The number of aryl methyl sites for hydroxylation is 1. The summed E-state index contributed by atoms with van der Waals surface area (Å²) in [6.45, 7) is 4.04. The average Bonchev–Trinajstić information content (AvgIpc) is 3.07. The fourth-order valence-corrected chi connectivity index (χ4v) is 4.97. The molecule has 2 aromatic heterocycles. The van der Waals surface area contributed by atoms with Gasteiger partial charge in [-0.1, -0.05) is 18.2 Å². The molecule has 2 unspecified atom stereocenters. The number of morpholine rings is 1. The summed E-state index contributed by atoms with van der Waals surface area (Å²) in [5.41, 5.74) is -0.123. The van der Waals surface area contributed by atoms with Crippen LogP contribution in [-0.2, 0) is 10.9 Å². The quantitative estimate of drug-likeness (QED) is 0.452. The molecule has 3 aromatic rings. The number of hydrogen-bond donors (Lipinski definition) is 1. The van der Waals surface area contributed by atoms with Crippen molar-refractivity contribution in [2.45, 2.75) is 57.4 Å². The monoisotopic (exact) mass is 493 g/mol. The first kappa shape index (κ1) is 23.7. The number of pyridine rings is 1. The van der Waals surface area contributed by atoms with Gasteiger partial charge in [0.25, 0.3) is 6.43 Å². The molecule has 35 heavy (non-hydrogen) atoms. The van der Waals surface area contributed by atoms with Crippen molar-refractivity contribution in [3.63, 3.8) is 0 Å². The maximum atomic E-state index is 14.1. The van der Waals surface area contributed by atoms with Crippen LogP contribution in [0, 0.1) is 6.92 Å². The van der Waals surface area contributed by atoms with Crippen LogP contribution in [0.4, 0.5) is 33.5 Å². The summed E-state index contributed by atoms with van der Waals surface area (Å²) in [5, 5.41) is 11.7. The maximum absolute atomic E-state index is 14.1. The molecule has 0 radical (unpaired) electrons. The molecule has 1 aromatic carbocycles. The molecule has 2 aliphatic heterocycles. The Hall–Kier alpha value is -3.08. The lowest BCUT2D eigenvalue weighted by Crippen LogP contribution is -2.46. The smallest absolute Gasteiger partial charge is 0.377 e. The van der Waals surface area contributed by atoms with Gasteiger partial charge in [0.2, 0.25) is 0 Å². The minimum atomic E-state index is -4.66. The van der Waals surface area contributed by atoms with Crippen molar-refractivity contribution in [2.24, 2.45) is 0 Å². The van der Waals surface area contributed by atoms with Gasteiger partial charge in [-0.2, -0.15) is 18.3 Å². The molecule has 1 N–H and O–H groups in total. The Morgan fingerprint density at radius 1 is 1.06 bits per heavy atom. The number of nitrogens with zero attached hydrogens (tertiary/aromatic N) is 4. The summed E-state index contributed by atoms with van der Waals surface area (Å²) in [6, 6.07) is 6.68. The Balaban J connectivity index is 1.61. The molecule has 3 atom stereocenters. The molecule has 5 rings (SSSR count). The summed E-state index contributed by atoms with van der Waals surface area (Å²) in [7, 11) is 0. The molecule has 0 spiro atoms. The second-order valence-corrected chi connectivity index (χ2v) is 9.05. The second kappa shape index (κ2) is 8.85. The van der Waals surface area contributed by atoms with Crippen LogP contribution in [0.1, 0.15) is 54.7 Å². The van der Waals surface area contributed by atoms with Crippen LogP contribution < -0.4 is 10.2 Å². The summed E-state index contributed by atoms with van der Waals surface area (Å²) in [6.07, 6.45) is -5.78. The van der Waals surface area contributed by atoms with Gasteiger partial charge in [-0.15, -0.1) is 5.10 Å². The third-order valence-corrected chi connectivity index (χ3v) is 6.70. The van der Waals surface area contributed by atoms with E-state index in [4.69, 9.17) is 4.74 Å². The number of nitrogens with one attached hydrogen (secondary N) is 1. The van der Waals surface area contributed by atoms with Crippen LogP contribution >= 0.6 is 0 Å². The first-order valence-electron chi connectivity index (χ1n) is 11.4. The topological polar surface area (TPSA) is 63.2 Å². The number of anilines is 2. The Bertz CT molecular complexity index is 1230. The van der Waals surface area contributed by atoms with Gasteiger partial charge in [0, 0.05) is 10.9 Å². The predicted molar refractivity (Wildman–Crippen MR) is 121 cm³/mol. The van der Waals surface area contributed by atoms with E-state index in [1.807, 2.05) is 0 Å². The lowest BCUT2D eigenvalue weighted by Gasteiger charge is -2.37. The van der Waals surface area contributed by atoms with Crippen molar-refractivity contribution in [3.05, 3.63) is 52.8 Å². The number of aromatic nitrogens is 3. The summed E-state index contributed by atoms with van der Waals surface area (Å²) in [5.74, 6) is 0.239. The molecule has 2 aliphatic rings. The number of halogens is 5. The molecular formula is C24H24F5N5O. The van der Waals surface area contributed by atoms with E-state index < -0.39 is 24.3 Å². The zero-order valence-electron chi connectivity index (χ0n) is 19.1. The van der Waals surface area contributed by atoms with Gasteiger partial charge in [0.15, 0.2) is 11.5 Å². The predicted octanol–water partition coefficient (Wildman–Crippen LogP) is 5.83. The lowest BCUT2D eigenvalue weighted by atomic mass is 10.0. The first-order valence-corrected chi connectivity index (χ1v) is 11.4. The van der Waals surface area contributed by atoms with Gasteiger partial charge in [0.1, 0.15) is 0 Å². The van der Waals surface area contributed by atoms with Crippen LogP contribution in [0.25, 0.3) is 10.9 Å². The van der Waals surface area contributed by atoms with E-state index >= 15 is 0 Å². The van der Waals surface area contributed by atoms with Gasteiger partial charge in [0.05, 0.1) is 48.2 Å². The van der Waals surface area contributed by atoms with E-state index in [-0.39, 0.29) is 40.4 Å². The third kappa shape index (κ3) is 4.37. The van der Waals surface area contributed by atoms with Gasteiger partial charge in [-0.25, -0.2) is 13.8 Å². The minimum Gasteiger partial charge on any atom is -0.377 e. The van der Waals surface area contributed by atoms with E-state index in [1.165, 1.54) is 24.3 Å². The zero-order valence-corrected chi connectivity index (χ0v) is 19.1. The fraction of sp³-hybridized carbons (Fsp3) is 0.458. The Morgan fingerprint density at radius 2 is 1.74 bits per heavy atom. The van der Waals surface area contributed by atoms with Crippen molar-refractivity contribution in [2.75, 3.05) is 23.4 Å². The van der Waals surface area contributed by atoms with Crippen molar-refractivity contribution >= 4 is 22.4 Å². The molecule has 2 fully saturated rings. The van der Waals surface area contributed by atoms with Gasteiger partial charge in [-0.3, -0.25) is 0 Å². The van der Waals surface area contributed by atoms with E-state index in [0.29, 0.717) is 24.2 Å². The highest BCUT2D eigenvalue weighted by molar-refractivity contribution is 5.93. The molecule has 11 heteroatoms. The van der Waals surface area contributed by atoms with Crippen LogP contribution in [0.2, 0.25) is 0 Å². The molecule has 186 valence electrons. The van der Waals surface area contributed by atoms with E-state index in [9.17, 15) is 22.0 Å². The number of alkyl halides is 5. The normalized spacial score (nSPS) is 21.1. The molecule has 0 amide bonds. The first-order chi connectivity index (χ1) is 16.6. The number of hydrogen-bond acceptors (Lipinski definition) is 6. The lowest BCUT2D eigenvalue weighted by molar-refractivity contribution is -0.140. The molecule has 2 saturated heterocycles. The number of benzene rings is 1. The largest absolute Gasteiger partial charge is 0.435 e. The highest BCUT2D eigenvalue weighted by Gasteiger charge is 2.44. The zero-order chi connectivity index (χ0) is 24.9. The van der Waals surface area contributed by atoms with Crippen LogP contribution in [0.5, 0.6) is 0 Å². The van der Waals surface area contributed by atoms with Crippen LogP contribution in [-0.4, -0.2) is 40.5 Å². The second-order valence-electron chi connectivity index (χ2n) is 9.05. The van der Waals surface area contributed by atoms with Crippen molar-refractivity contribution in [3.8, 4) is 0 Å². The van der Waals surface area contributed by atoms with E-state index in [1.54, 1.807) is 24.8 Å². The molecule has 6 nitrogen and oxygen atoms in total. The Morgan fingerprint density at radius 3 is 2.40 bits per heavy atom. The molecular weight excluding hydrogens is 469 g/mol. The van der Waals surface area contributed by atoms with Crippen LogP contribution in [0.3, 0.4) is 0 Å². The maximum Gasteiger partial charge on any atom is 0.435 e. The highest BCUT2D eigenvalue weighted by Crippen LogP contribution is 2.43. The average molecular weight is 493 g/mol. The van der Waals surface area contributed by atoms with E-state index in [0.717, 1.165) is 12.8 Å². The van der Waals surface area contributed by atoms with Crippen molar-refractivity contribution in [1.29, 1.82) is 0 Å². The Kier molecular flexibility index (Phi) is 5.98. The summed E-state index contributed by atoms with van der Waals surface area (Å²) in [4.78, 5) is 5.83. The SMILES string of the molecule is Cc1nnc(N[C@H](C)c2cccc(C(F)F)c2)c2cc(N3C4CCC3COC4)c(C(F)(F)F)nc12. The van der Waals surface area contributed by atoms with Crippen molar-refractivity contribution in [1.82, 2.24) is 15.2 Å². The molecule has 0 aliphatic carbocycles. The fourth-order valence-electron chi connectivity index (χ4n) is 4.97. The Labute approximate surface area is 198 Å². The molecule has 0 saturated carbocycles. The molecule has 4 heterocycles. The number of fused-ring (bicyclic) bond motifs is 3. The minimum absolute atomic E-state index is 0.00333. The summed E-state index contributed by atoms with van der Waals surface area (Å²) < 4.78 is 74.3. The van der Waals surface area contributed by atoms with Gasteiger partial charge in [-0.05, 0) is 44.4 Å². The third-order valence-electron chi connectivity index (χ3n) is 6.70. The highest BCUT2D eigenvalue weighted by atomic mass is 19.4. The summed E-state index contributed by atoms with van der Waals surface area (Å²) >= 11 is 0. The van der Waals surface area contributed by atoms with Gasteiger partial charge < -0.3 is 15.0 Å². The van der Waals surface area contributed by atoms with Crippen LogP contribution in [0.15, 0.2) is 30.3 Å². The number of ether oxygens (including phenoxy) is 1. The number of rotatable bonds is 5. The van der Waals surface area contributed by atoms with Gasteiger partial charge >= 0.3 is 6.18 Å². The van der Waals surface area contributed by atoms with E-state index in [2.05, 4.69) is 20.5 Å². The van der Waals surface area contributed by atoms with Crippen molar-refractivity contribution < 1.29 is 26.7 Å². The standard InChI is InChI=1S/C24H24F5N5O/c1-12(14-4-3-5-15(8-14)22(25)26)30-23-18-9-19(34-16-6-7-17(34)11-35-10-16)21(24(27,28)29)31-20(18)13(2)32-33-23/h3-5,8-9,12,16-17,22H,6-7,10-11H2,1-2H3,(H,30,33)/t12-,16?,17?/m1/s1. The molecule has 2 bridgehead atoms.